The number of aromatic nitrogens is 1. The number of hydrazone groups is 1. The van der Waals surface area contributed by atoms with Gasteiger partial charge < -0.3 is 20.1 Å². The van der Waals surface area contributed by atoms with E-state index in [4.69, 9.17) is 16.3 Å². The Kier molecular flexibility index (Phi) is 9.51. The van der Waals surface area contributed by atoms with Gasteiger partial charge in [-0.3, -0.25) is 9.59 Å². The number of nitrogens with zero attached hydrogens (tertiary/aromatic N) is 1. The number of carbonyl (C=O) groups is 2. The lowest BCUT2D eigenvalue weighted by Gasteiger charge is -2.17. The highest BCUT2D eigenvalue weighted by atomic mass is 35.5. The maximum atomic E-state index is 13.1. The Hall–Kier alpha value is -5.34. The van der Waals surface area contributed by atoms with Crippen molar-refractivity contribution in [1.29, 1.82) is 0 Å². The molecule has 0 aliphatic carbocycles. The average Bonchev–Trinajstić information content (AvgIpc) is 3.43. The fraction of sp³-hybridized carbons (Fsp3) is 0.0882. The second kappa shape index (κ2) is 14.0. The van der Waals surface area contributed by atoms with Crippen LogP contribution in [0.25, 0.3) is 23.1 Å². The van der Waals surface area contributed by atoms with E-state index in [0.29, 0.717) is 16.3 Å². The Balaban J connectivity index is 1.20. The lowest BCUT2D eigenvalue weighted by Crippen LogP contribution is -2.48. The molecule has 0 spiro atoms. The van der Waals surface area contributed by atoms with E-state index in [1.807, 2.05) is 79.0 Å². The van der Waals surface area contributed by atoms with Gasteiger partial charge in [-0.05, 0) is 76.9 Å². The van der Waals surface area contributed by atoms with Gasteiger partial charge in [-0.1, -0.05) is 66.2 Å². The summed E-state index contributed by atoms with van der Waals surface area (Å²) in [4.78, 5) is 29.2. The van der Waals surface area contributed by atoms with Crippen LogP contribution in [0.1, 0.15) is 22.3 Å². The number of phenolic OH excluding ortho intramolecular Hbond substituents is 1. The number of phenols is 1. The molecular formula is C34H29ClN4O4. The highest BCUT2D eigenvalue weighted by Crippen LogP contribution is 2.20. The number of ether oxygens (including phenoxy) is 1. The first-order valence-corrected chi connectivity index (χ1v) is 13.9. The summed E-state index contributed by atoms with van der Waals surface area (Å²) in [7, 11) is 0. The van der Waals surface area contributed by atoms with Crippen LogP contribution in [0.3, 0.4) is 0 Å². The van der Waals surface area contributed by atoms with Crippen molar-refractivity contribution in [2.75, 3.05) is 6.61 Å². The Morgan fingerprint density at radius 1 is 0.884 bits per heavy atom. The minimum absolute atomic E-state index is 0.131. The molecule has 0 radical (unpaired) electrons. The van der Waals surface area contributed by atoms with Gasteiger partial charge in [0.2, 0.25) is 0 Å². The molecule has 5 aromatic rings. The predicted octanol–water partition coefficient (Wildman–Crippen LogP) is 5.95. The van der Waals surface area contributed by atoms with Crippen LogP contribution in [-0.2, 0) is 16.0 Å². The topological polar surface area (TPSA) is 116 Å². The zero-order chi connectivity index (χ0) is 30.0. The summed E-state index contributed by atoms with van der Waals surface area (Å²) in [5.41, 5.74) is 7.00. The first kappa shape index (κ1) is 29.2. The van der Waals surface area contributed by atoms with Crippen LogP contribution in [0.2, 0.25) is 5.02 Å². The number of rotatable bonds is 11. The van der Waals surface area contributed by atoms with Crippen molar-refractivity contribution in [3.63, 3.8) is 0 Å². The molecule has 4 N–H and O–H groups in total. The Morgan fingerprint density at radius 3 is 2.26 bits per heavy atom. The van der Waals surface area contributed by atoms with Crippen LogP contribution in [0.4, 0.5) is 0 Å². The van der Waals surface area contributed by atoms with Gasteiger partial charge in [-0.25, -0.2) is 5.43 Å². The predicted molar refractivity (Wildman–Crippen MR) is 170 cm³/mol. The number of fused-ring (bicyclic) bond motifs is 1. The largest absolute Gasteiger partial charge is 0.508 e. The van der Waals surface area contributed by atoms with Gasteiger partial charge in [0.1, 0.15) is 17.5 Å². The number of hydrogen-bond donors (Lipinski definition) is 4. The molecule has 43 heavy (non-hydrogen) atoms. The molecule has 1 aromatic heterocycles. The number of aromatic hydroxyl groups is 1. The minimum Gasteiger partial charge on any atom is -0.508 e. The van der Waals surface area contributed by atoms with E-state index in [1.165, 1.54) is 18.3 Å². The Morgan fingerprint density at radius 2 is 1.53 bits per heavy atom. The second-order valence-electron chi connectivity index (χ2n) is 9.75. The van der Waals surface area contributed by atoms with Crippen molar-refractivity contribution in [2.24, 2.45) is 5.10 Å². The zero-order valence-corrected chi connectivity index (χ0v) is 23.8. The quantitative estimate of drug-likeness (QED) is 0.0861. The number of halogens is 1. The summed E-state index contributed by atoms with van der Waals surface area (Å²) in [6.07, 6.45) is 7.48. The van der Waals surface area contributed by atoms with E-state index in [1.54, 1.807) is 24.3 Å². The normalized spacial score (nSPS) is 12.0. The van der Waals surface area contributed by atoms with Crippen molar-refractivity contribution in [3.05, 3.63) is 131 Å². The summed E-state index contributed by atoms with van der Waals surface area (Å²) in [6.45, 7) is -0.269. The molecular weight excluding hydrogens is 564 g/mol. The van der Waals surface area contributed by atoms with Crippen molar-refractivity contribution in [2.45, 2.75) is 12.5 Å². The van der Waals surface area contributed by atoms with Gasteiger partial charge in [-0.15, -0.1) is 0 Å². The summed E-state index contributed by atoms with van der Waals surface area (Å²) < 4.78 is 5.69. The van der Waals surface area contributed by atoms with Gasteiger partial charge in [0, 0.05) is 28.5 Å². The third kappa shape index (κ3) is 8.34. The number of amides is 2. The molecule has 1 atom stereocenters. The zero-order valence-electron chi connectivity index (χ0n) is 23.0. The summed E-state index contributed by atoms with van der Waals surface area (Å²) in [5.74, 6) is -0.276. The van der Waals surface area contributed by atoms with Crippen molar-refractivity contribution in [3.8, 4) is 11.5 Å². The summed E-state index contributed by atoms with van der Waals surface area (Å²) in [6, 6.07) is 28.1. The van der Waals surface area contributed by atoms with E-state index in [0.717, 1.165) is 27.6 Å². The number of benzene rings is 4. The number of aromatic amines is 1. The molecule has 8 nitrogen and oxygen atoms in total. The van der Waals surface area contributed by atoms with Crippen LogP contribution in [0, 0.1) is 0 Å². The molecule has 1 heterocycles. The molecule has 2 amide bonds. The lowest BCUT2D eigenvalue weighted by atomic mass is 10.0. The third-order valence-corrected chi connectivity index (χ3v) is 6.87. The van der Waals surface area contributed by atoms with E-state index in [9.17, 15) is 14.7 Å². The number of H-pyrrole nitrogens is 1. The van der Waals surface area contributed by atoms with Crippen LogP contribution >= 0.6 is 11.6 Å². The highest BCUT2D eigenvalue weighted by Gasteiger charge is 2.23. The van der Waals surface area contributed by atoms with E-state index < -0.39 is 17.9 Å². The molecule has 5 rings (SSSR count). The van der Waals surface area contributed by atoms with E-state index in [-0.39, 0.29) is 18.8 Å². The monoisotopic (exact) mass is 592 g/mol. The number of para-hydroxylation sites is 1. The third-order valence-electron chi connectivity index (χ3n) is 6.62. The molecule has 0 aliphatic rings. The SMILES string of the molecule is O=C(COc1ccc(/C=C/c2ccc(Cl)cc2)cc1)N[C@@H](Cc1c[nH]c2ccccc12)C(=O)N/N=C/c1ccc(O)cc1. The smallest absolute Gasteiger partial charge is 0.262 e. The van der Waals surface area contributed by atoms with Gasteiger partial charge in [0.15, 0.2) is 6.61 Å². The Labute approximate surface area is 253 Å². The van der Waals surface area contributed by atoms with Crippen molar-refractivity contribution >= 4 is 52.7 Å². The van der Waals surface area contributed by atoms with Crippen LogP contribution < -0.4 is 15.5 Å². The molecule has 0 bridgehead atoms. The molecule has 0 saturated heterocycles. The minimum atomic E-state index is -0.910. The lowest BCUT2D eigenvalue weighted by molar-refractivity contribution is -0.130. The summed E-state index contributed by atoms with van der Waals surface area (Å²) in [5, 5.41) is 17.9. The fourth-order valence-electron chi connectivity index (χ4n) is 4.36. The van der Waals surface area contributed by atoms with E-state index in [2.05, 4.69) is 20.8 Å². The van der Waals surface area contributed by atoms with Gasteiger partial charge >= 0.3 is 0 Å². The standard InChI is InChI=1S/C34H29ClN4O4/c35-27-13-7-23(8-14-27)5-6-24-11-17-29(18-12-24)43-22-33(41)38-32(19-26-21-36-31-4-2-1-3-30(26)31)34(42)39-37-20-25-9-15-28(40)16-10-25/h1-18,20-21,32,36,40H,19,22H2,(H,38,41)(H,39,42)/b6-5+,37-20+/t32-/m0/s1. The number of hydrogen-bond acceptors (Lipinski definition) is 5. The Bertz CT molecular complexity index is 1740. The molecule has 0 unspecified atom stereocenters. The molecule has 0 aliphatic heterocycles. The first-order valence-electron chi connectivity index (χ1n) is 13.6. The number of nitrogens with one attached hydrogen (secondary N) is 3. The molecule has 4 aromatic carbocycles. The van der Waals surface area contributed by atoms with Gasteiger partial charge in [0.05, 0.1) is 6.21 Å². The van der Waals surface area contributed by atoms with Crippen molar-refractivity contribution < 1.29 is 19.4 Å². The van der Waals surface area contributed by atoms with Crippen LogP contribution in [0.15, 0.2) is 108 Å². The maximum Gasteiger partial charge on any atom is 0.262 e. The fourth-order valence-corrected chi connectivity index (χ4v) is 4.49. The van der Waals surface area contributed by atoms with Crippen molar-refractivity contribution in [1.82, 2.24) is 15.7 Å². The summed E-state index contributed by atoms with van der Waals surface area (Å²) >= 11 is 5.94. The van der Waals surface area contributed by atoms with Gasteiger partial charge in [-0.2, -0.15) is 5.10 Å². The average molecular weight is 593 g/mol. The maximum absolute atomic E-state index is 13.1. The van der Waals surface area contributed by atoms with E-state index >= 15 is 0 Å². The molecule has 9 heteroatoms. The van der Waals surface area contributed by atoms with Crippen LogP contribution in [-0.4, -0.2) is 40.8 Å². The second-order valence-corrected chi connectivity index (χ2v) is 10.2. The molecule has 216 valence electrons. The first-order chi connectivity index (χ1) is 20.9. The highest BCUT2D eigenvalue weighted by molar-refractivity contribution is 6.30. The number of carbonyl (C=O) groups excluding carboxylic acids is 2. The molecule has 0 saturated carbocycles. The molecule has 0 fully saturated rings. The van der Waals surface area contributed by atoms with Gasteiger partial charge in [0.25, 0.3) is 11.8 Å². The van der Waals surface area contributed by atoms with Crippen LogP contribution in [0.5, 0.6) is 11.5 Å².